The largest absolute Gasteiger partial charge is 0.300 e. The summed E-state index contributed by atoms with van der Waals surface area (Å²) in [4.78, 5) is 12.8. The number of piperidine rings is 1. The predicted molar refractivity (Wildman–Crippen MR) is 127 cm³/mol. The van der Waals surface area contributed by atoms with Crippen LogP contribution in [0.15, 0.2) is 60.7 Å². The molecule has 168 valence electrons. The van der Waals surface area contributed by atoms with Crippen molar-refractivity contribution < 1.29 is 13.2 Å². The summed E-state index contributed by atoms with van der Waals surface area (Å²) in [6, 6.07) is 19.5. The summed E-state index contributed by atoms with van der Waals surface area (Å²) in [6.07, 6.45) is 2.61. The van der Waals surface area contributed by atoms with E-state index in [9.17, 15) is 13.2 Å². The molecule has 0 radical (unpaired) electrons. The van der Waals surface area contributed by atoms with Gasteiger partial charge in [0.15, 0.2) is 0 Å². The normalized spacial score (nSPS) is 17.2. The fourth-order valence-electron chi connectivity index (χ4n) is 3.82. The lowest BCUT2D eigenvalue weighted by atomic mass is 9.99. The van der Waals surface area contributed by atoms with Crippen molar-refractivity contribution in [3.8, 4) is 10.6 Å². The zero-order valence-corrected chi connectivity index (χ0v) is 19.3. The van der Waals surface area contributed by atoms with Gasteiger partial charge in [0.05, 0.1) is 11.7 Å². The minimum absolute atomic E-state index is 0.0903. The van der Waals surface area contributed by atoms with Crippen molar-refractivity contribution >= 4 is 32.4 Å². The van der Waals surface area contributed by atoms with Crippen LogP contribution in [0.4, 0.5) is 5.13 Å². The standard InChI is InChI=1S/C23H26N4O3S2/c28-21(24-23-26-25-22(31-23)19-12-5-2-6-13-19)20-14-7-15-27(17-20)32(29,30)16-8-11-18-9-3-1-4-10-18/h1-6,9-10,12-13,20H,7-8,11,14-17H2,(H,24,26,28). The van der Waals surface area contributed by atoms with Gasteiger partial charge in [0, 0.05) is 18.7 Å². The number of hydrogen-bond donors (Lipinski definition) is 1. The highest BCUT2D eigenvalue weighted by Gasteiger charge is 2.32. The first kappa shape index (κ1) is 22.6. The van der Waals surface area contributed by atoms with Gasteiger partial charge in [-0.2, -0.15) is 0 Å². The first-order valence-corrected chi connectivity index (χ1v) is 13.2. The highest BCUT2D eigenvalue weighted by atomic mass is 32.2. The minimum atomic E-state index is -3.40. The van der Waals surface area contributed by atoms with Crippen molar-refractivity contribution in [2.24, 2.45) is 5.92 Å². The molecule has 1 amide bonds. The molecule has 1 saturated heterocycles. The van der Waals surface area contributed by atoms with E-state index in [-0.39, 0.29) is 18.2 Å². The maximum Gasteiger partial charge on any atom is 0.230 e. The number of carbonyl (C=O) groups excluding carboxylic acids is 1. The molecular weight excluding hydrogens is 444 g/mol. The number of anilines is 1. The van der Waals surface area contributed by atoms with E-state index < -0.39 is 15.9 Å². The van der Waals surface area contributed by atoms with Gasteiger partial charge in [0.2, 0.25) is 21.1 Å². The van der Waals surface area contributed by atoms with E-state index in [0.717, 1.165) is 22.6 Å². The molecule has 0 aliphatic carbocycles. The van der Waals surface area contributed by atoms with Crippen LogP contribution in [-0.4, -0.2) is 47.7 Å². The quantitative estimate of drug-likeness (QED) is 0.540. The lowest BCUT2D eigenvalue weighted by Gasteiger charge is -2.31. The topological polar surface area (TPSA) is 92.3 Å². The lowest BCUT2D eigenvalue weighted by Crippen LogP contribution is -2.44. The molecule has 0 spiro atoms. The second kappa shape index (κ2) is 10.3. The van der Waals surface area contributed by atoms with Crippen LogP contribution in [0.3, 0.4) is 0 Å². The van der Waals surface area contributed by atoms with Crippen LogP contribution in [0.2, 0.25) is 0 Å². The molecule has 1 aliphatic heterocycles. The molecule has 32 heavy (non-hydrogen) atoms. The van der Waals surface area contributed by atoms with Crippen LogP contribution in [-0.2, 0) is 21.2 Å². The molecule has 1 atom stereocenters. The van der Waals surface area contributed by atoms with Crippen LogP contribution in [0.25, 0.3) is 10.6 Å². The van der Waals surface area contributed by atoms with Crippen molar-refractivity contribution in [3.63, 3.8) is 0 Å². The zero-order valence-electron chi connectivity index (χ0n) is 17.7. The van der Waals surface area contributed by atoms with Crippen LogP contribution in [0, 0.1) is 5.92 Å². The Bertz CT molecular complexity index is 1130. The Morgan fingerprint density at radius 3 is 2.53 bits per heavy atom. The van der Waals surface area contributed by atoms with E-state index in [1.165, 1.54) is 15.6 Å². The van der Waals surface area contributed by atoms with Gasteiger partial charge in [-0.15, -0.1) is 10.2 Å². The SMILES string of the molecule is O=C(Nc1nnc(-c2ccccc2)s1)C1CCCN(S(=O)(=O)CCCc2ccccc2)C1. The molecule has 1 unspecified atom stereocenters. The molecule has 1 fully saturated rings. The van der Waals surface area contributed by atoms with Gasteiger partial charge in [-0.25, -0.2) is 12.7 Å². The Kier molecular flexibility index (Phi) is 7.29. The third kappa shape index (κ3) is 5.79. The highest BCUT2D eigenvalue weighted by Crippen LogP contribution is 2.27. The van der Waals surface area contributed by atoms with Gasteiger partial charge >= 0.3 is 0 Å². The number of sulfonamides is 1. The second-order valence-electron chi connectivity index (χ2n) is 7.87. The predicted octanol–water partition coefficient (Wildman–Crippen LogP) is 3.82. The van der Waals surface area contributed by atoms with Crippen LogP contribution < -0.4 is 5.32 Å². The Morgan fingerprint density at radius 1 is 1.06 bits per heavy atom. The molecule has 4 rings (SSSR count). The summed E-state index contributed by atoms with van der Waals surface area (Å²) in [5.74, 6) is -0.505. The van der Waals surface area contributed by atoms with E-state index in [4.69, 9.17) is 0 Å². The van der Waals surface area contributed by atoms with Gasteiger partial charge in [0.1, 0.15) is 5.01 Å². The number of benzene rings is 2. The lowest BCUT2D eigenvalue weighted by molar-refractivity contribution is -0.120. The Morgan fingerprint density at radius 2 is 1.78 bits per heavy atom. The average Bonchev–Trinajstić information content (AvgIpc) is 3.29. The van der Waals surface area contributed by atoms with Gasteiger partial charge < -0.3 is 5.32 Å². The third-order valence-electron chi connectivity index (χ3n) is 5.53. The van der Waals surface area contributed by atoms with E-state index in [0.29, 0.717) is 30.9 Å². The molecule has 0 bridgehead atoms. The minimum Gasteiger partial charge on any atom is -0.300 e. The number of aryl methyl sites for hydroxylation is 1. The first-order valence-electron chi connectivity index (χ1n) is 10.7. The van der Waals surface area contributed by atoms with Crippen molar-refractivity contribution in [3.05, 3.63) is 66.2 Å². The van der Waals surface area contributed by atoms with Crippen LogP contribution >= 0.6 is 11.3 Å². The summed E-state index contributed by atoms with van der Waals surface area (Å²) in [7, 11) is -3.40. The van der Waals surface area contributed by atoms with Crippen LogP contribution in [0.1, 0.15) is 24.8 Å². The monoisotopic (exact) mass is 470 g/mol. The molecule has 3 aromatic rings. The van der Waals surface area contributed by atoms with E-state index >= 15 is 0 Å². The van der Waals surface area contributed by atoms with E-state index in [2.05, 4.69) is 15.5 Å². The molecule has 1 aromatic heterocycles. The van der Waals surface area contributed by atoms with Gasteiger partial charge in [-0.05, 0) is 31.2 Å². The number of carbonyl (C=O) groups is 1. The molecule has 1 aliphatic rings. The molecule has 1 N–H and O–H groups in total. The van der Waals surface area contributed by atoms with Crippen molar-refractivity contribution in [1.29, 1.82) is 0 Å². The summed E-state index contributed by atoms with van der Waals surface area (Å²) < 4.78 is 27.1. The molecule has 9 heteroatoms. The number of hydrogen-bond acceptors (Lipinski definition) is 6. The number of amides is 1. The molecular formula is C23H26N4O3S2. The van der Waals surface area contributed by atoms with Crippen molar-refractivity contribution in [2.45, 2.75) is 25.7 Å². The van der Waals surface area contributed by atoms with Crippen LogP contribution in [0.5, 0.6) is 0 Å². The first-order chi connectivity index (χ1) is 15.5. The van der Waals surface area contributed by atoms with E-state index in [1.807, 2.05) is 60.7 Å². The third-order valence-corrected chi connectivity index (χ3v) is 8.35. The number of nitrogens with one attached hydrogen (secondary N) is 1. The molecule has 0 saturated carbocycles. The van der Waals surface area contributed by atoms with Crippen molar-refractivity contribution in [1.82, 2.24) is 14.5 Å². The number of nitrogens with zero attached hydrogens (tertiary/aromatic N) is 3. The smallest absolute Gasteiger partial charge is 0.230 e. The Balaban J connectivity index is 1.32. The molecule has 2 aromatic carbocycles. The number of rotatable bonds is 8. The molecule has 2 heterocycles. The van der Waals surface area contributed by atoms with Gasteiger partial charge in [-0.1, -0.05) is 72.0 Å². The second-order valence-corrected chi connectivity index (χ2v) is 10.9. The Labute approximate surface area is 192 Å². The summed E-state index contributed by atoms with van der Waals surface area (Å²) >= 11 is 1.31. The zero-order chi connectivity index (χ0) is 22.4. The highest BCUT2D eigenvalue weighted by molar-refractivity contribution is 7.89. The van der Waals surface area contributed by atoms with Crippen molar-refractivity contribution in [2.75, 3.05) is 24.2 Å². The number of aromatic nitrogens is 2. The fourth-order valence-corrected chi connectivity index (χ4v) is 6.15. The Hall–Kier alpha value is -2.62. The maximum absolute atomic E-state index is 12.8. The maximum atomic E-state index is 12.8. The van der Waals surface area contributed by atoms with Gasteiger partial charge in [0.25, 0.3) is 0 Å². The summed E-state index contributed by atoms with van der Waals surface area (Å²) in [5, 5.41) is 12.2. The molecule has 7 nitrogen and oxygen atoms in total. The van der Waals surface area contributed by atoms with E-state index in [1.54, 1.807) is 0 Å². The van der Waals surface area contributed by atoms with Gasteiger partial charge in [-0.3, -0.25) is 4.79 Å². The summed E-state index contributed by atoms with van der Waals surface area (Å²) in [5.41, 5.74) is 2.07. The summed E-state index contributed by atoms with van der Waals surface area (Å²) in [6.45, 7) is 0.679. The average molecular weight is 471 g/mol. The fraction of sp³-hybridized carbons (Fsp3) is 0.348.